The van der Waals surface area contributed by atoms with Crippen molar-refractivity contribution >= 4 is 22.1 Å². The molecule has 0 saturated carbocycles. The summed E-state index contributed by atoms with van der Waals surface area (Å²) in [5, 5.41) is 6.22. The normalized spacial score (nSPS) is 13.0. The molecule has 0 aliphatic heterocycles. The van der Waals surface area contributed by atoms with Gasteiger partial charge in [-0.15, -0.1) is 0 Å². The van der Waals surface area contributed by atoms with Crippen LogP contribution in [-0.2, 0) is 5.41 Å². The Hall–Kier alpha value is -5.40. The van der Waals surface area contributed by atoms with Crippen molar-refractivity contribution in [1.82, 2.24) is 0 Å². The van der Waals surface area contributed by atoms with Crippen molar-refractivity contribution in [3.05, 3.63) is 169 Å². The van der Waals surface area contributed by atoms with Gasteiger partial charge in [0.25, 0.3) is 0 Å². The monoisotopic (exact) mass is 563 g/mol. The molecule has 210 valence electrons. The minimum Gasteiger partial charge on any atom is -0.356 e. The molecule has 0 saturated heterocycles. The summed E-state index contributed by atoms with van der Waals surface area (Å²) in [6.07, 6.45) is 0. The molecule has 8 rings (SSSR count). The van der Waals surface area contributed by atoms with Crippen LogP contribution >= 0.6 is 0 Å². The molecule has 0 unspecified atom stereocenters. The van der Waals surface area contributed by atoms with E-state index in [2.05, 4.69) is 177 Å². The molecule has 44 heavy (non-hydrogen) atoms. The Bertz CT molecular complexity index is 2140. The molecule has 1 nitrogen and oxygen atoms in total. The maximum Gasteiger partial charge on any atom is 0.0387 e. The number of nitrogens with one attached hydrogen (secondary N) is 1. The first kappa shape index (κ1) is 26.2. The largest absolute Gasteiger partial charge is 0.356 e. The van der Waals surface area contributed by atoms with E-state index in [0.717, 1.165) is 11.4 Å². The summed E-state index contributed by atoms with van der Waals surface area (Å²) in [7, 11) is 0. The molecule has 1 aliphatic rings. The summed E-state index contributed by atoms with van der Waals surface area (Å²) in [5.41, 5.74) is 15.0. The van der Waals surface area contributed by atoms with Crippen LogP contribution in [0, 0.1) is 0 Å². The molecule has 0 amide bonds. The van der Waals surface area contributed by atoms with E-state index in [1.54, 1.807) is 0 Å². The summed E-state index contributed by atoms with van der Waals surface area (Å²) < 4.78 is 0. The fraction of sp³-hybridized carbons (Fsp3) is 0.0698. The summed E-state index contributed by atoms with van der Waals surface area (Å²) >= 11 is 0. The van der Waals surface area contributed by atoms with Crippen LogP contribution in [0.25, 0.3) is 55.3 Å². The summed E-state index contributed by atoms with van der Waals surface area (Å²) in [6, 6.07) is 57.1. The van der Waals surface area contributed by atoms with Gasteiger partial charge < -0.3 is 5.32 Å². The zero-order chi connectivity index (χ0) is 29.7. The number of hydrogen-bond acceptors (Lipinski definition) is 1. The van der Waals surface area contributed by atoms with Crippen LogP contribution in [0.3, 0.4) is 0 Å². The molecule has 0 radical (unpaired) electrons. The van der Waals surface area contributed by atoms with Crippen LogP contribution in [0.4, 0.5) is 11.4 Å². The predicted molar refractivity (Wildman–Crippen MR) is 188 cm³/mol. The molecule has 0 spiro atoms. The molecule has 0 atom stereocenters. The zero-order valence-corrected chi connectivity index (χ0v) is 25.0. The first-order valence-corrected chi connectivity index (χ1v) is 15.4. The molecule has 7 aromatic carbocycles. The molecule has 0 fully saturated rings. The summed E-state index contributed by atoms with van der Waals surface area (Å²) in [6.45, 7) is 4.69. The topological polar surface area (TPSA) is 12.0 Å². The van der Waals surface area contributed by atoms with Gasteiger partial charge in [0, 0.05) is 16.8 Å². The SMILES string of the molecule is CC1(C)c2cc(Nc3ccc(-c4ccc(-c5ccccc5)c5ccccc45)cc3)ccc2-c2ccc(-c3ccccc3)cc21. The minimum absolute atomic E-state index is 0.0794. The van der Waals surface area contributed by atoms with Crippen LogP contribution in [-0.4, -0.2) is 0 Å². The second kappa shape index (κ2) is 10.4. The number of rotatable bonds is 5. The van der Waals surface area contributed by atoms with E-state index < -0.39 is 0 Å². The van der Waals surface area contributed by atoms with Crippen LogP contribution in [0.15, 0.2) is 158 Å². The molecule has 0 aromatic heterocycles. The third-order valence-corrected chi connectivity index (χ3v) is 9.28. The third kappa shape index (κ3) is 4.41. The van der Waals surface area contributed by atoms with Crippen molar-refractivity contribution in [1.29, 1.82) is 0 Å². The Balaban J connectivity index is 1.08. The van der Waals surface area contributed by atoms with E-state index >= 15 is 0 Å². The highest BCUT2D eigenvalue weighted by Gasteiger charge is 2.35. The highest BCUT2D eigenvalue weighted by Crippen LogP contribution is 2.50. The van der Waals surface area contributed by atoms with Gasteiger partial charge >= 0.3 is 0 Å². The van der Waals surface area contributed by atoms with Crippen LogP contribution in [0.5, 0.6) is 0 Å². The average molecular weight is 564 g/mol. The van der Waals surface area contributed by atoms with E-state index in [-0.39, 0.29) is 5.41 Å². The lowest BCUT2D eigenvalue weighted by Crippen LogP contribution is -2.15. The predicted octanol–water partition coefficient (Wildman–Crippen LogP) is 11.9. The van der Waals surface area contributed by atoms with Crippen molar-refractivity contribution in [2.45, 2.75) is 19.3 Å². The maximum atomic E-state index is 3.68. The highest BCUT2D eigenvalue weighted by molar-refractivity contribution is 6.05. The lowest BCUT2D eigenvalue weighted by Gasteiger charge is -2.23. The van der Waals surface area contributed by atoms with Crippen LogP contribution < -0.4 is 5.32 Å². The van der Waals surface area contributed by atoms with Gasteiger partial charge in [0.1, 0.15) is 0 Å². The lowest BCUT2D eigenvalue weighted by atomic mass is 9.81. The van der Waals surface area contributed by atoms with Gasteiger partial charge in [-0.3, -0.25) is 0 Å². The molecular formula is C43H33N. The van der Waals surface area contributed by atoms with E-state index in [9.17, 15) is 0 Å². The quantitative estimate of drug-likeness (QED) is 0.220. The average Bonchev–Trinajstić information content (AvgIpc) is 3.30. The molecule has 7 aromatic rings. The highest BCUT2D eigenvalue weighted by atomic mass is 14.9. The van der Waals surface area contributed by atoms with Crippen molar-refractivity contribution in [3.63, 3.8) is 0 Å². The zero-order valence-electron chi connectivity index (χ0n) is 25.0. The Morgan fingerprint density at radius 1 is 0.364 bits per heavy atom. The Kier molecular flexibility index (Phi) is 6.20. The van der Waals surface area contributed by atoms with Gasteiger partial charge in [-0.2, -0.15) is 0 Å². The summed E-state index contributed by atoms with van der Waals surface area (Å²) in [4.78, 5) is 0. The van der Waals surface area contributed by atoms with Crippen molar-refractivity contribution in [3.8, 4) is 44.5 Å². The molecule has 0 heterocycles. The number of benzene rings is 7. The standard InChI is InChI=1S/C43H33N/c1-43(2)41-27-32(29-11-5-3-6-12-29)19-23-39(41)40-24-22-34(28-42(40)43)44-33-20-17-31(18-21-33)36-26-25-35(30-13-7-4-8-14-30)37-15-9-10-16-38(36)37/h3-28,44H,1-2H3. The second-order valence-electron chi connectivity index (χ2n) is 12.3. The summed E-state index contributed by atoms with van der Waals surface area (Å²) in [5.74, 6) is 0. The third-order valence-electron chi connectivity index (χ3n) is 9.28. The van der Waals surface area contributed by atoms with Gasteiger partial charge in [0.05, 0.1) is 0 Å². The van der Waals surface area contributed by atoms with E-state index in [1.165, 1.54) is 66.4 Å². The van der Waals surface area contributed by atoms with Crippen LogP contribution in [0.1, 0.15) is 25.0 Å². The van der Waals surface area contributed by atoms with Gasteiger partial charge in [-0.25, -0.2) is 0 Å². The van der Waals surface area contributed by atoms with Gasteiger partial charge in [0.15, 0.2) is 0 Å². The van der Waals surface area contributed by atoms with E-state index in [0.29, 0.717) is 0 Å². The maximum absolute atomic E-state index is 3.68. The fourth-order valence-corrected chi connectivity index (χ4v) is 6.95. The fourth-order valence-electron chi connectivity index (χ4n) is 6.95. The minimum atomic E-state index is -0.0794. The van der Waals surface area contributed by atoms with Crippen molar-refractivity contribution in [2.24, 2.45) is 0 Å². The van der Waals surface area contributed by atoms with Crippen molar-refractivity contribution in [2.75, 3.05) is 5.32 Å². The van der Waals surface area contributed by atoms with Crippen LogP contribution in [0.2, 0.25) is 0 Å². The Morgan fingerprint density at radius 3 is 1.45 bits per heavy atom. The Labute approximate surface area is 259 Å². The molecule has 1 aliphatic carbocycles. The second-order valence-corrected chi connectivity index (χ2v) is 12.3. The van der Waals surface area contributed by atoms with Gasteiger partial charge in [0.2, 0.25) is 0 Å². The first-order chi connectivity index (χ1) is 21.6. The number of anilines is 2. The molecule has 1 heteroatoms. The number of hydrogen-bond donors (Lipinski definition) is 1. The molecular weight excluding hydrogens is 530 g/mol. The van der Waals surface area contributed by atoms with E-state index in [1.807, 2.05) is 0 Å². The smallest absolute Gasteiger partial charge is 0.0387 e. The van der Waals surface area contributed by atoms with Gasteiger partial charge in [-0.05, 0) is 96.7 Å². The lowest BCUT2D eigenvalue weighted by molar-refractivity contribution is 0.661. The Morgan fingerprint density at radius 2 is 0.818 bits per heavy atom. The van der Waals surface area contributed by atoms with Crippen molar-refractivity contribution < 1.29 is 0 Å². The number of fused-ring (bicyclic) bond motifs is 4. The van der Waals surface area contributed by atoms with Gasteiger partial charge in [-0.1, -0.05) is 141 Å². The molecule has 1 N–H and O–H groups in total. The van der Waals surface area contributed by atoms with E-state index in [4.69, 9.17) is 0 Å². The molecule has 0 bridgehead atoms. The first-order valence-electron chi connectivity index (χ1n) is 15.4.